The highest BCUT2D eigenvalue weighted by Gasteiger charge is 2.16. The van der Waals surface area contributed by atoms with Crippen LogP contribution in [0.5, 0.6) is 5.75 Å². The van der Waals surface area contributed by atoms with E-state index in [0.29, 0.717) is 22.1 Å². The van der Waals surface area contributed by atoms with Crippen LogP contribution in [-0.2, 0) is 11.0 Å². The Morgan fingerprint density at radius 1 is 1.15 bits per heavy atom. The summed E-state index contributed by atoms with van der Waals surface area (Å²) in [7, 11) is 0.432. The first-order valence-corrected chi connectivity index (χ1v) is 14.0. The highest BCUT2D eigenvalue weighted by atomic mass is 32.2. The van der Waals surface area contributed by atoms with Gasteiger partial charge in [-0.1, -0.05) is 91.2 Å². The van der Waals surface area contributed by atoms with Crippen LogP contribution in [0, 0.1) is 5.92 Å². The summed E-state index contributed by atoms with van der Waals surface area (Å²) in [6, 6.07) is 9.43. The topological polar surface area (TPSA) is 67.6 Å². The van der Waals surface area contributed by atoms with E-state index in [1.165, 1.54) is 25.7 Å². The Hall–Kier alpha value is -1.89. The molecule has 0 aliphatic rings. The fourth-order valence-electron chi connectivity index (χ4n) is 3.30. The Bertz CT molecular complexity index is 747. The van der Waals surface area contributed by atoms with Crippen LogP contribution >= 0.6 is 0 Å². The summed E-state index contributed by atoms with van der Waals surface area (Å²) in [6.45, 7) is 17.4. The molecule has 3 N–H and O–H groups in total. The van der Waals surface area contributed by atoms with Crippen LogP contribution in [0.25, 0.3) is 0 Å². The molecule has 0 aromatic heterocycles. The maximum atomic E-state index is 12.5. The molecule has 1 aromatic carbocycles. The average molecular weight is 492 g/mol. The smallest absolute Gasteiger partial charge is 0.167 e. The molecule has 0 heterocycles. The number of nitrogens with two attached hydrogens (primary N) is 1. The van der Waals surface area contributed by atoms with E-state index in [-0.39, 0.29) is 5.92 Å². The molecule has 1 rings (SSSR count). The van der Waals surface area contributed by atoms with Gasteiger partial charge in [-0.2, -0.15) is 0 Å². The first-order chi connectivity index (χ1) is 16.4. The third-order valence-electron chi connectivity index (χ3n) is 5.12. The van der Waals surface area contributed by atoms with Crippen molar-refractivity contribution in [3.8, 4) is 5.75 Å². The van der Waals surface area contributed by atoms with Gasteiger partial charge < -0.3 is 15.0 Å². The average Bonchev–Trinajstić information content (AvgIpc) is 2.83. The van der Waals surface area contributed by atoms with Gasteiger partial charge in [0.15, 0.2) is 5.76 Å². The second kappa shape index (κ2) is 20.5. The zero-order valence-electron chi connectivity index (χ0n) is 22.4. The summed E-state index contributed by atoms with van der Waals surface area (Å²) in [6.07, 6.45) is 11.0. The van der Waals surface area contributed by atoms with Gasteiger partial charge in [0, 0.05) is 13.1 Å². The van der Waals surface area contributed by atoms with Crippen molar-refractivity contribution >= 4 is 11.0 Å². The maximum absolute atomic E-state index is 12.5. The molecule has 0 radical (unpaired) electrons. The molecular weight excluding hydrogens is 442 g/mol. The van der Waals surface area contributed by atoms with Gasteiger partial charge in [-0.15, -0.1) is 0 Å². The summed E-state index contributed by atoms with van der Waals surface area (Å²) >= 11 is 0. The van der Waals surface area contributed by atoms with E-state index in [4.69, 9.17) is 9.88 Å². The molecule has 0 bridgehead atoms. The molecule has 0 saturated carbocycles. The van der Waals surface area contributed by atoms with Crippen LogP contribution in [0.1, 0.15) is 73.1 Å². The SMILES string of the molecule is C=C(NCCCC)/C(Oc1ccccc1)=C(\C=CC(C)CN(C)CCCCCC)S(N)=O.CC. The van der Waals surface area contributed by atoms with Gasteiger partial charge in [-0.25, -0.2) is 9.35 Å². The summed E-state index contributed by atoms with van der Waals surface area (Å²) in [5.41, 5.74) is 0.585. The molecule has 0 saturated heterocycles. The van der Waals surface area contributed by atoms with Gasteiger partial charge in [0.05, 0.1) is 10.6 Å². The Morgan fingerprint density at radius 3 is 2.38 bits per heavy atom. The molecule has 0 fully saturated rings. The quantitative estimate of drug-likeness (QED) is 0.148. The van der Waals surface area contributed by atoms with Gasteiger partial charge in [-0.05, 0) is 50.6 Å². The second-order valence-electron chi connectivity index (χ2n) is 8.32. The molecule has 2 atom stereocenters. The zero-order chi connectivity index (χ0) is 25.8. The largest absolute Gasteiger partial charge is 0.454 e. The van der Waals surface area contributed by atoms with Crippen molar-refractivity contribution in [3.05, 3.63) is 65.4 Å². The number of para-hydroxylation sites is 1. The lowest BCUT2D eigenvalue weighted by Gasteiger charge is -2.20. The Morgan fingerprint density at radius 2 is 1.79 bits per heavy atom. The molecule has 1 aromatic rings. The van der Waals surface area contributed by atoms with Crippen LogP contribution in [0.3, 0.4) is 0 Å². The third-order valence-corrected chi connectivity index (χ3v) is 5.87. The molecule has 0 aliphatic carbocycles. The Kier molecular flexibility index (Phi) is 19.3. The molecular formula is C28H49N3O2S. The first kappa shape index (κ1) is 32.1. The van der Waals surface area contributed by atoms with Crippen molar-refractivity contribution in [3.63, 3.8) is 0 Å². The van der Waals surface area contributed by atoms with Gasteiger partial charge >= 0.3 is 0 Å². The standard InChI is InChI=1S/C26H43N3O2S.C2H6/c1-6-8-10-14-20-29(5)21-22(3)17-18-25(32(27)30)26(23(4)28-19-9-7-2)31-24-15-12-11-13-16-24;1-2/h11-13,15-18,22,28H,4,6-10,14,19-21,27H2,1-3,5H3;1-2H3/b18-17?,26-25-;. The van der Waals surface area contributed by atoms with E-state index in [1.807, 2.05) is 50.3 Å². The van der Waals surface area contributed by atoms with Crippen LogP contribution in [0.15, 0.2) is 65.4 Å². The third kappa shape index (κ3) is 14.4. The fraction of sp³-hybridized carbons (Fsp3) is 0.571. The van der Waals surface area contributed by atoms with E-state index in [2.05, 4.69) is 50.7 Å². The second-order valence-corrected chi connectivity index (χ2v) is 9.36. The number of allylic oxidation sites excluding steroid dienone is 1. The van der Waals surface area contributed by atoms with Gasteiger partial charge in [0.2, 0.25) is 0 Å². The predicted molar refractivity (Wildman–Crippen MR) is 150 cm³/mol. The summed E-state index contributed by atoms with van der Waals surface area (Å²) in [4.78, 5) is 2.78. The van der Waals surface area contributed by atoms with Crippen molar-refractivity contribution in [2.24, 2.45) is 11.1 Å². The highest BCUT2D eigenvalue weighted by Crippen LogP contribution is 2.22. The first-order valence-electron chi connectivity index (χ1n) is 12.8. The Balaban J connectivity index is 0.00000529. The van der Waals surface area contributed by atoms with E-state index in [1.54, 1.807) is 0 Å². The van der Waals surface area contributed by atoms with Crippen molar-refractivity contribution < 1.29 is 8.95 Å². The maximum Gasteiger partial charge on any atom is 0.167 e. The monoisotopic (exact) mass is 491 g/mol. The van der Waals surface area contributed by atoms with E-state index < -0.39 is 11.0 Å². The number of rotatable bonds is 17. The fourth-order valence-corrected chi connectivity index (χ4v) is 3.86. The molecule has 2 unspecified atom stereocenters. The Labute approximate surface area is 212 Å². The normalized spacial score (nSPS) is 13.6. The van der Waals surface area contributed by atoms with E-state index >= 15 is 0 Å². The van der Waals surface area contributed by atoms with Crippen LogP contribution in [0.4, 0.5) is 0 Å². The number of nitrogens with zero attached hydrogens (tertiary/aromatic N) is 1. The minimum Gasteiger partial charge on any atom is -0.454 e. The lowest BCUT2D eigenvalue weighted by molar-refractivity contribution is 0.300. The van der Waals surface area contributed by atoms with Gasteiger partial charge in [0.25, 0.3) is 0 Å². The van der Waals surface area contributed by atoms with Crippen molar-refractivity contribution in [2.75, 3.05) is 26.7 Å². The summed E-state index contributed by atoms with van der Waals surface area (Å²) < 4.78 is 18.6. The lowest BCUT2D eigenvalue weighted by Crippen LogP contribution is -2.25. The molecule has 0 spiro atoms. The summed E-state index contributed by atoms with van der Waals surface area (Å²) in [5, 5.41) is 9.15. The molecule has 6 heteroatoms. The lowest BCUT2D eigenvalue weighted by atomic mass is 10.1. The number of benzene rings is 1. The van der Waals surface area contributed by atoms with Crippen molar-refractivity contribution in [1.29, 1.82) is 0 Å². The highest BCUT2D eigenvalue weighted by molar-refractivity contribution is 7.87. The van der Waals surface area contributed by atoms with E-state index in [9.17, 15) is 4.21 Å². The van der Waals surface area contributed by atoms with E-state index in [0.717, 1.165) is 32.5 Å². The van der Waals surface area contributed by atoms with Crippen molar-refractivity contribution in [1.82, 2.24) is 10.2 Å². The molecule has 194 valence electrons. The van der Waals surface area contributed by atoms with Crippen LogP contribution in [0.2, 0.25) is 0 Å². The van der Waals surface area contributed by atoms with Crippen molar-refractivity contribution in [2.45, 2.75) is 73.1 Å². The van der Waals surface area contributed by atoms with Gasteiger partial charge in [0.1, 0.15) is 16.7 Å². The minimum atomic E-state index is -1.72. The van der Waals surface area contributed by atoms with Crippen LogP contribution < -0.4 is 15.2 Å². The molecule has 0 aliphatic heterocycles. The van der Waals surface area contributed by atoms with Gasteiger partial charge in [-0.3, -0.25) is 0 Å². The number of nitrogens with one attached hydrogen (secondary N) is 1. The molecule has 34 heavy (non-hydrogen) atoms. The predicted octanol–water partition coefficient (Wildman–Crippen LogP) is 6.53. The molecule has 0 amide bonds. The zero-order valence-corrected chi connectivity index (χ0v) is 23.3. The molecule has 5 nitrogen and oxygen atoms in total. The van der Waals surface area contributed by atoms with Crippen LogP contribution in [-0.4, -0.2) is 35.8 Å². The number of ether oxygens (including phenoxy) is 1. The number of unbranched alkanes of at least 4 members (excludes halogenated alkanes) is 4. The minimum absolute atomic E-state index is 0.281. The number of hydrogen-bond donors (Lipinski definition) is 2. The summed E-state index contributed by atoms with van der Waals surface area (Å²) in [5.74, 6) is 1.35. The number of hydrogen-bond acceptors (Lipinski definition) is 4.